The molecule has 0 saturated carbocycles. The van der Waals surface area contributed by atoms with Gasteiger partial charge in [0.15, 0.2) is 0 Å². The van der Waals surface area contributed by atoms with Crippen molar-refractivity contribution in [1.29, 1.82) is 0 Å². The van der Waals surface area contributed by atoms with Crippen molar-refractivity contribution < 1.29 is 19.1 Å². The van der Waals surface area contributed by atoms with Crippen LogP contribution in [0.25, 0.3) is 0 Å². The molecule has 198 valence electrons. The Bertz CT molecular complexity index is 1260. The lowest BCUT2D eigenvalue weighted by Crippen LogP contribution is -2.74. The fraction of sp³-hybridized carbons (Fsp3) is 0.310. The van der Waals surface area contributed by atoms with Gasteiger partial charge < -0.3 is 15.3 Å². The Morgan fingerprint density at radius 2 is 1.63 bits per heavy atom. The van der Waals surface area contributed by atoms with E-state index in [1.54, 1.807) is 41.3 Å². The molecule has 2 atom stereocenters. The SMILES string of the molecule is CN1CC(=O)N2[C@@H](Cc3ccc(O)cc3)CN(Cc3ccccc3)C[C@@H]2N1C(=O)NCc1ccc(F)cc1. The summed E-state index contributed by atoms with van der Waals surface area (Å²) < 4.78 is 13.3. The number of carbonyl (C=O) groups excluding carboxylic acids is 2. The second-order valence-corrected chi connectivity index (χ2v) is 9.93. The number of piperazine rings is 1. The predicted octanol–water partition coefficient (Wildman–Crippen LogP) is 3.19. The van der Waals surface area contributed by atoms with E-state index in [0.717, 1.165) is 16.7 Å². The zero-order valence-electron chi connectivity index (χ0n) is 21.3. The van der Waals surface area contributed by atoms with E-state index in [0.29, 0.717) is 26.1 Å². The van der Waals surface area contributed by atoms with Crippen LogP contribution in [-0.4, -0.2) is 75.8 Å². The summed E-state index contributed by atoms with van der Waals surface area (Å²) >= 11 is 0. The van der Waals surface area contributed by atoms with E-state index in [1.165, 1.54) is 12.1 Å². The lowest BCUT2D eigenvalue weighted by molar-refractivity contribution is -0.180. The van der Waals surface area contributed by atoms with Gasteiger partial charge in [-0.3, -0.25) is 9.69 Å². The Morgan fingerprint density at radius 3 is 2.34 bits per heavy atom. The monoisotopic (exact) mass is 517 g/mol. The van der Waals surface area contributed by atoms with Gasteiger partial charge in [0, 0.05) is 33.2 Å². The molecular weight excluding hydrogens is 485 g/mol. The largest absolute Gasteiger partial charge is 0.508 e. The number of halogens is 1. The quantitative estimate of drug-likeness (QED) is 0.525. The van der Waals surface area contributed by atoms with Crippen molar-refractivity contribution >= 4 is 11.9 Å². The van der Waals surface area contributed by atoms with Gasteiger partial charge in [-0.2, -0.15) is 0 Å². The van der Waals surface area contributed by atoms with Crippen LogP contribution in [0.2, 0.25) is 0 Å². The first-order chi connectivity index (χ1) is 18.4. The molecule has 3 aromatic carbocycles. The smallest absolute Gasteiger partial charge is 0.334 e. The molecule has 8 nitrogen and oxygen atoms in total. The minimum absolute atomic E-state index is 0.0248. The summed E-state index contributed by atoms with van der Waals surface area (Å²) in [6.07, 6.45) is 0.108. The number of phenolic OH excluding ortho intramolecular Hbond substituents is 1. The third kappa shape index (κ3) is 5.79. The Labute approximate surface area is 221 Å². The molecule has 0 spiro atoms. The number of aromatic hydroxyl groups is 1. The molecule has 2 aliphatic heterocycles. The maximum atomic E-state index is 13.5. The van der Waals surface area contributed by atoms with Gasteiger partial charge in [-0.15, -0.1) is 0 Å². The maximum Gasteiger partial charge on any atom is 0.334 e. The number of hydrazine groups is 1. The van der Waals surface area contributed by atoms with Crippen molar-refractivity contribution in [3.8, 4) is 5.75 Å². The summed E-state index contributed by atoms with van der Waals surface area (Å²) in [7, 11) is 1.75. The number of hydrogen-bond donors (Lipinski definition) is 2. The number of rotatable bonds is 6. The molecule has 0 unspecified atom stereocenters. The van der Waals surface area contributed by atoms with E-state index >= 15 is 0 Å². The number of carbonyl (C=O) groups is 2. The second kappa shape index (κ2) is 11.2. The van der Waals surface area contributed by atoms with E-state index in [4.69, 9.17) is 0 Å². The van der Waals surface area contributed by atoms with E-state index in [2.05, 4.69) is 22.3 Å². The molecule has 2 N–H and O–H groups in total. The molecule has 2 aliphatic rings. The van der Waals surface area contributed by atoms with Crippen LogP contribution in [0.1, 0.15) is 16.7 Å². The third-order valence-corrected chi connectivity index (χ3v) is 7.13. The maximum absolute atomic E-state index is 13.5. The second-order valence-electron chi connectivity index (χ2n) is 9.93. The van der Waals surface area contributed by atoms with E-state index < -0.39 is 6.17 Å². The number of phenols is 1. The van der Waals surface area contributed by atoms with Crippen LogP contribution in [-0.2, 0) is 24.3 Å². The van der Waals surface area contributed by atoms with Crippen LogP contribution in [0.5, 0.6) is 5.75 Å². The highest BCUT2D eigenvalue weighted by atomic mass is 19.1. The van der Waals surface area contributed by atoms with Gasteiger partial charge in [-0.1, -0.05) is 54.6 Å². The Kier molecular flexibility index (Phi) is 7.57. The minimum Gasteiger partial charge on any atom is -0.508 e. The number of urea groups is 1. The molecule has 9 heteroatoms. The normalized spacial score (nSPS) is 20.3. The summed E-state index contributed by atoms with van der Waals surface area (Å²) in [5.41, 5.74) is 2.95. The Morgan fingerprint density at radius 1 is 0.947 bits per heavy atom. The van der Waals surface area contributed by atoms with Gasteiger partial charge in [-0.25, -0.2) is 19.2 Å². The van der Waals surface area contributed by atoms with Crippen molar-refractivity contribution in [2.24, 2.45) is 0 Å². The summed E-state index contributed by atoms with van der Waals surface area (Å²) in [6, 6.07) is 22.7. The average Bonchev–Trinajstić information content (AvgIpc) is 2.90. The van der Waals surface area contributed by atoms with Gasteiger partial charge in [0.05, 0.1) is 12.6 Å². The molecule has 2 fully saturated rings. The van der Waals surface area contributed by atoms with Gasteiger partial charge in [0.25, 0.3) is 0 Å². The summed E-state index contributed by atoms with van der Waals surface area (Å²) in [6.45, 7) is 2.19. The highest BCUT2D eigenvalue weighted by Gasteiger charge is 2.47. The van der Waals surface area contributed by atoms with Crippen LogP contribution in [0.15, 0.2) is 78.9 Å². The lowest BCUT2D eigenvalue weighted by Gasteiger charge is -2.55. The predicted molar refractivity (Wildman–Crippen MR) is 141 cm³/mol. The molecule has 0 bridgehead atoms. The first-order valence-corrected chi connectivity index (χ1v) is 12.8. The third-order valence-electron chi connectivity index (χ3n) is 7.13. The van der Waals surface area contributed by atoms with Crippen molar-refractivity contribution in [3.05, 3.63) is 101 Å². The molecule has 3 aromatic rings. The zero-order chi connectivity index (χ0) is 26.6. The van der Waals surface area contributed by atoms with E-state index in [-0.39, 0.29) is 42.6 Å². The fourth-order valence-corrected chi connectivity index (χ4v) is 5.36. The molecule has 0 radical (unpaired) electrons. The number of fused-ring (bicyclic) bond motifs is 1. The fourth-order valence-electron chi connectivity index (χ4n) is 5.36. The zero-order valence-corrected chi connectivity index (χ0v) is 21.3. The molecule has 2 saturated heterocycles. The Balaban J connectivity index is 1.40. The molecule has 3 amide bonds. The van der Waals surface area contributed by atoms with Crippen molar-refractivity contribution in [2.45, 2.75) is 31.7 Å². The highest BCUT2D eigenvalue weighted by molar-refractivity contribution is 5.83. The number of amides is 3. The van der Waals surface area contributed by atoms with Gasteiger partial charge >= 0.3 is 6.03 Å². The number of likely N-dealkylation sites (N-methyl/N-ethyl adjacent to an activating group) is 1. The number of nitrogens with zero attached hydrogens (tertiary/aromatic N) is 4. The van der Waals surface area contributed by atoms with Crippen LogP contribution >= 0.6 is 0 Å². The minimum atomic E-state index is -0.492. The molecular formula is C29H32FN5O3. The van der Waals surface area contributed by atoms with Crippen LogP contribution < -0.4 is 5.32 Å². The van der Waals surface area contributed by atoms with Gasteiger partial charge in [0.2, 0.25) is 5.91 Å². The summed E-state index contributed by atoms with van der Waals surface area (Å²) in [5.74, 6) is -0.158. The molecule has 5 rings (SSSR count). The van der Waals surface area contributed by atoms with E-state index in [1.807, 2.05) is 35.2 Å². The van der Waals surface area contributed by atoms with Gasteiger partial charge in [0.1, 0.15) is 17.7 Å². The van der Waals surface area contributed by atoms with Crippen LogP contribution in [0.4, 0.5) is 9.18 Å². The first-order valence-electron chi connectivity index (χ1n) is 12.8. The number of nitrogens with one attached hydrogen (secondary N) is 1. The topological polar surface area (TPSA) is 79.4 Å². The summed E-state index contributed by atoms with van der Waals surface area (Å²) in [4.78, 5) is 31.0. The Hall–Kier alpha value is -3.95. The first kappa shape index (κ1) is 25.7. The van der Waals surface area contributed by atoms with Crippen molar-refractivity contribution in [1.82, 2.24) is 25.1 Å². The van der Waals surface area contributed by atoms with Gasteiger partial charge in [-0.05, 0) is 47.4 Å². The molecule has 38 heavy (non-hydrogen) atoms. The molecule has 0 aliphatic carbocycles. The molecule has 0 aromatic heterocycles. The van der Waals surface area contributed by atoms with Crippen LogP contribution in [0, 0.1) is 5.82 Å². The van der Waals surface area contributed by atoms with Crippen LogP contribution in [0.3, 0.4) is 0 Å². The highest BCUT2D eigenvalue weighted by Crippen LogP contribution is 2.28. The van der Waals surface area contributed by atoms with E-state index in [9.17, 15) is 19.1 Å². The standard InChI is InChI=1S/C29H32FN5O3/c1-32-20-28(37)34-25(15-21-9-13-26(36)14-10-21)18-33(17-23-5-3-2-4-6-23)19-27(34)35(32)29(38)31-16-22-7-11-24(30)12-8-22/h2-14,25,27,36H,15-20H2,1H3,(H,31,38)/t25-,27-/m0/s1. The lowest BCUT2D eigenvalue weighted by atomic mass is 9.99. The average molecular weight is 518 g/mol. The number of hydrogen-bond acceptors (Lipinski definition) is 5. The summed E-state index contributed by atoms with van der Waals surface area (Å²) in [5, 5.41) is 16.0. The molecule has 2 heterocycles. The van der Waals surface area contributed by atoms with Crippen molar-refractivity contribution in [2.75, 3.05) is 26.7 Å². The number of benzene rings is 3. The van der Waals surface area contributed by atoms with Crippen molar-refractivity contribution in [3.63, 3.8) is 0 Å².